The molecular weight excluding hydrogens is 262 g/mol. The van der Waals surface area contributed by atoms with E-state index in [0.717, 1.165) is 38.3 Å². The summed E-state index contributed by atoms with van der Waals surface area (Å²) >= 11 is 0. The number of hydrogen-bond acceptors (Lipinski definition) is 4. The molecule has 0 aliphatic carbocycles. The van der Waals surface area contributed by atoms with Crippen molar-refractivity contribution < 1.29 is 8.42 Å². The Bertz CT molecular complexity index is 467. The van der Waals surface area contributed by atoms with Crippen molar-refractivity contribution >= 4 is 15.7 Å². The summed E-state index contributed by atoms with van der Waals surface area (Å²) in [5.74, 6) is 0. The summed E-state index contributed by atoms with van der Waals surface area (Å²) in [4.78, 5) is 2.51. The van der Waals surface area contributed by atoms with E-state index >= 15 is 0 Å². The molecule has 0 atom stereocenters. The topological polar surface area (TPSA) is 75.4 Å². The van der Waals surface area contributed by atoms with Crippen LogP contribution in [0.3, 0.4) is 0 Å². The van der Waals surface area contributed by atoms with Gasteiger partial charge < -0.3 is 10.2 Å². The van der Waals surface area contributed by atoms with E-state index in [1.807, 2.05) is 0 Å². The summed E-state index contributed by atoms with van der Waals surface area (Å²) < 4.78 is 22.2. The second kappa shape index (κ2) is 7.47. The lowest BCUT2D eigenvalue weighted by molar-refractivity contribution is 0.303. The van der Waals surface area contributed by atoms with Gasteiger partial charge in [0.2, 0.25) is 10.0 Å². The fourth-order valence-electron chi connectivity index (χ4n) is 1.84. The molecule has 3 N–H and O–H groups in total. The fourth-order valence-corrected chi connectivity index (χ4v) is 2.35. The van der Waals surface area contributed by atoms with Crippen molar-refractivity contribution in [3.8, 4) is 0 Å². The second-order valence-corrected chi connectivity index (χ2v) is 5.94. The third-order valence-electron chi connectivity index (χ3n) is 3.06. The molecule has 19 heavy (non-hydrogen) atoms. The standard InChI is InChI=1S/C13H23N3O2S/c1-3-16(4-2)11-5-10-15-12-6-8-13(9-7-12)19(14,17)18/h6-9,15H,3-5,10-11H2,1-2H3,(H2,14,17,18). The van der Waals surface area contributed by atoms with Gasteiger partial charge in [0.25, 0.3) is 0 Å². The molecule has 0 radical (unpaired) electrons. The fraction of sp³-hybridized carbons (Fsp3) is 0.538. The highest BCUT2D eigenvalue weighted by molar-refractivity contribution is 7.89. The minimum atomic E-state index is -3.60. The lowest BCUT2D eigenvalue weighted by Gasteiger charge is -2.17. The average Bonchev–Trinajstić information content (AvgIpc) is 2.38. The predicted octanol–water partition coefficient (Wildman–Crippen LogP) is 1.48. The molecule has 0 aromatic heterocycles. The molecule has 1 aromatic rings. The number of anilines is 1. The van der Waals surface area contributed by atoms with Crippen LogP contribution in [0.5, 0.6) is 0 Å². The van der Waals surface area contributed by atoms with Gasteiger partial charge in [0.1, 0.15) is 0 Å². The third kappa shape index (κ3) is 5.59. The number of nitrogens with one attached hydrogen (secondary N) is 1. The van der Waals surface area contributed by atoms with Gasteiger partial charge in [-0.1, -0.05) is 13.8 Å². The van der Waals surface area contributed by atoms with Crippen molar-refractivity contribution in [2.24, 2.45) is 5.14 Å². The highest BCUT2D eigenvalue weighted by Gasteiger charge is 2.06. The maximum Gasteiger partial charge on any atom is 0.238 e. The first kappa shape index (κ1) is 15.9. The number of benzene rings is 1. The second-order valence-electron chi connectivity index (χ2n) is 4.38. The smallest absolute Gasteiger partial charge is 0.238 e. The number of rotatable bonds is 8. The van der Waals surface area contributed by atoms with Gasteiger partial charge in [-0.25, -0.2) is 13.6 Å². The molecule has 0 saturated heterocycles. The minimum absolute atomic E-state index is 0.140. The van der Waals surface area contributed by atoms with E-state index < -0.39 is 10.0 Å². The Labute approximate surface area is 115 Å². The Morgan fingerprint density at radius 1 is 1.16 bits per heavy atom. The molecule has 0 heterocycles. The van der Waals surface area contributed by atoms with Crippen LogP contribution in [-0.2, 0) is 10.0 Å². The van der Waals surface area contributed by atoms with Crippen LogP contribution in [0.1, 0.15) is 20.3 Å². The number of nitrogens with zero attached hydrogens (tertiary/aromatic N) is 1. The van der Waals surface area contributed by atoms with Gasteiger partial charge in [-0.15, -0.1) is 0 Å². The van der Waals surface area contributed by atoms with E-state index in [2.05, 4.69) is 24.1 Å². The molecule has 108 valence electrons. The quantitative estimate of drug-likeness (QED) is 0.709. The molecule has 1 rings (SSSR count). The van der Waals surface area contributed by atoms with Gasteiger partial charge in [0, 0.05) is 12.2 Å². The largest absolute Gasteiger partial charge is 0.385 e. The van der Waals surface area contributed by atoms with Gasteiger partial charge in [-0.05, 0) is 50.3 Å². The molecule has 0 aliphatic rings. The lowest BCUT2D eigenvalue weighted by Crippen LogP contribution is -2.25. The Balaban J connectivity index is 2.38. The molecule has 0 unspecified atom stereocenters. The van der Waals surface area contributed by atoms with Crippen LogP contribution in [0, 0.1) is 0 Å². The summed E-state index contributed by atoms with van der Waals surface area (Å²) in [7, 11) is -3.60. The van der Waals surface area contributed by atoms with Crippen molar-refractivity contribution in [2.45, 2.75) is 25.2 Å². The maximum atomic E-state index is 11.1. The molecule has 5 nitrogen and oxygen atoms in total. The molecule has 0 aliphatic heterocycles. The van der Waals surface area contributed by atoms with Gasteiger partial charge in [-0.3, -0.25) is 0 Å². The highest BCUT2D eigenvalue weighted by Crippen LogP contribution is 2.12. The Morgan fingerprint density at radius 2 is 1.74 bits per heavy atom. The minimum Gasteiger partial charge on any atom is -0.385 e. The molecule has 0 fully saturated rings. The molecule has 0 bridgehead atoms. The maximum absolute atomic E-state index is 11.1. The summed E-state index contributed by atoms with van der Waals surface area (Å²) in [5, 5.41) is 8.30. The SMILES string of the molecule is CCN(CC)CCCNc1ccc(S(N)(=O)=O)cc1. The zero-order valence-corrected chi connectivity index (χ0v) is 12.4. The normalized spacial score (nSPS) is 11.8. The van der Waals surface area contributed by atoms with E-state index in [4.69, 9.17) is 5.14 Å². The summed E-state index contributed by atoms with van der Waals surface area (Å²) in [6, 6.07) is 6.50. The van der Waals surface area contributed by atoms with Crippen LogP contribution in [0.15, 0.2) is 29.2 Å². The van der Waals surface area contributed by atoms with Crippen LogP contribution in [0.4, 0.5) is 5.69 Å². The van der Waals surface area contributed by atoms with Gasteiger partial charge >= 0.3 is 0 Å². The molecule has 0 saturated carbocycles. The first-order valence-corrected chi connectivity index (χ1v) is 8.11. The van der Waals surface area contributed by atoms with E-state index in [0.29, 0.717) is 0 Å². The van der Waals surface area contributed by atoms with Crippen molar-refractivity contribution in [2.75, 3.05) is 31.5 Å². The molecule has 1 aromatic carbocycles. The Kier molecular flexibility index (Phi) is 6.27. The third-order valence-corrected chi connectivity index (χ3v) is 3.99. The summed E-state index contributed by atoms with van der Waals surface area (Å²) in [5.41, 5.74) is 0.909. The number of primary sulfonamides is 1. The number of hydrogen-bond donors (Lipinski definition) is 2. The van der Waals surface area contributed by atoms with E-state index in [1.54, 1.807) is 12.1 Å². The summed E-state index contributed by atoms with van der Waals surface area (Å²) in [6.07, 6.45) is 1.05. The molecule has 0 spiro atoms. The number of nitrogens with two attached hydrogens (primary N) is 1. The van der Waals surface area contributed by atoms with Crippen molar-refractivity contribution in [3.05, 3.63) is 24.3 Å². The van der Waals surface area contributed by atoms with Crippen LogP contribution < -0.4 is 10.5 Å². The molecule has 6 heteroatoms. The van der Waals surface area contributed by atoms with Crippen molar-refractivity contribution in [1.82, 2.24) is 4.90 Å². The van der Waals surface area contributed by atoms with Crippen LogP contribution in [0.2, 0.25) is 0 Å². The van der Waals surface area contributed by atoms with Crippen LogP contribution in [-0.4, -0.2) is 39.5 Å². The molecular formula is C13H23N3O2S. The van der Waals surface area contributed by atoms with Crippen LogP contribution in [0.25, 0.3) is 0 Å². The van der Waals surface area contributed by atoms with Crippen LogP contribution >= 0.6 is 0 Å². The average molecular weight is 285 g/mol. The van der Waals surface area contributed by atoms with Crippen molar-refractivity contribution in [3.63, 3.8) is 0 Å². The van der Waals surface area contributed by atoms with E-state index in [9.17, 15) is 8.42 Å². The monoisotopic (exact) mass is 285 g/mol. The summed E-state index contributed by atoms with van der Waals surface area (Å²) in [6.45, 7) is 8.38. The lowest BCUT2D eigenvalue weighted by atomic mass is 10.3. The first-order chi connectivity index (χ1) is 8.97. The first-order valence-electron chi connectivity index (χ1n) is 6.56. The molecule has 0 amide bonds. The van der Waals surface area contributed by atoms with Gasteiger partial charge in [0.15, 0.2) is 0 Å². The highest BCUT2D eigenvalue weighted by atomic mass is 32.2. The van der Waals surface area contributed by atoms with Gasteiger partial charge in [0.05, 0.1) is 4.90 Å². The Hall–Kier alpha value is -1.11. The van der Waals surface area contributed by atoms with E-state index in [1.165, 1.54) is 12.1 Å². The van der Waals surface area contributed by atoms with Crippen molar-refractivity contribution in [1.29, 1.82) is 0 Å². The number of sulfonamides is 1. The van der Waals surface area contributed by atoms with Gasteiger partial charge in [-0.2, -0.15) is 0 Å². The Morgan fingerprint density at radius 3 is 2.21 bits per heavy atom. The van der Waals surface area contributed by atoms with E-state index in [-0.39, 0.29) is 4.90 Å². The zero-order valence-electron chi connectivity index (χ0n) is 11.6. The zero-order chi connectivity index (χ0) is 14.3. The predicted molar refractivity (Wildman–Crippen MR) is 78.7 cm³/mol.